The maximum atomic E-state index is 10.6. The van der Waals surface area contributed by atoms with E-state index in [1.54, 1.807) is 0 Å². The molecular formula is C7H7N3O4. The summed E-state index contributed by atoms with van der Waals surface area (Å²) in [7, 11) is 0. The summed E-state index contributed by atoms with van der Waals surface area (Å²) in [6.07, 6.45) is 0. The van der Waals surface area contributed by atoms with Gasteiger partial charge >= 0.3 is 5.82 Å². The van der Waals surface area contributed by atoms with Gasteiger partial charge in [0.25, 0.3) is 5.82 Å². The molecule has 14 heavy (non-hydrogen) atoms. The predicted octanol–water partition coefficient (Wildman–Crippen LogP) is 0.654. The molecule has 0 atom stereocenters. The van der Waals surface area contributed by atoms with Gasteiger partial charge < -0.3 is 15.2 Å². The summed E-state index contributed by atoms with van der Waals surface area (Å²) in [6, 6.07) is 2.14. The number of nitro groups is 1. The molecule has 0 aliphatic heterocycles. The zero-order valence-corrected chi connectivity index (χ0v) is 7.22. The molecule has 0 saturated heterocycles. The van der Waals surface area contributed by atoms with Gasteiger partial charge in [0.2, 0.25) is 5.91 Å². The van der Waals surface area contributed by atoms with Crippen LogP contribution < -0.4 is 5.32 Å². The smallest absolute Gasteiger partial charge is 0.366 e. The predicted molar refractivity (Wildman–Crippen MR) is 46.9 cm³/mol. The first-order chi connectivity index (χ1) is 6.50. The number of nitrogens with zero attached hydrogens (tertiary/aromatic N) is 2. The molecule has 1 heterocycles. The molecular weight excluding hydrogens is 190 g/mol. The fourth-order valence-electron chi connectivity index (χ4n) is 0.802. The molecule has 74 valence electrons. The number of aromatic nitrogens is 1. The molecule has 2 N–H and O–H groups in total. The molecule has 7 nitrogen and oxygen atoms in total. The fraction of sp³-hybridized carbons (Fsp3) is 0.143. The number of pyridine rings is 1. The van der Waals surface area contributed by atoms with Crippen LogP contribution in [0.5, 0.6) is 5.75 Å². The average Bonchev–Trinajstić information content (AvgIpc) is 2.07. The quantitative estimate of drug-likeness (QED) is 0.535. The van der Waals surface area contributed by atoms with Gasteiger partial charge in [0.1, 0.15) is 0 Å². The maximum absolute atomic E-state index is 10.6. The van der Waals surface area contributed by atoms with Gasteiger partial charge in [-0.2, -0.15) is 0 Å². The Balaban J connectivity index is 3.08. The third-order valence-corrected chi connectivity index (χ3v) is 1.34. The Morgan fingerprint density at radius 3 is 2.79 bits per heavy atom. The van der Waals surface area contributed by atoms with Crippen molar-refractivity contribution in [3.8, 4) is 5.75 Å². The molecule has 0 radical (unpaired) electrons. The van der Waals surface area contributed by atoms with Crippen LogP contribution in [0, 0.1) is 10.1 Å². The zero-order chi connectivity index (χ0) is 10.7. The third-order valence-electron chi connectivity index (χ3n) is 1.34. The minimum Gasteiger partial charge on any atom is -0.503 e. The van der Waals surface area contributed by atoms with Gasteiger partial charge in [0, 0.05) is 13.0 Å². The lowest BCUT2D eigenvalue weighted by Crippen LogP contribution is -2.08. The van der Waals surface area contributed by atoms with Crippen LogP contribution in [0.4, 0.5) is 11.6 Å². The van der Waals surface area contributed by atoms with Crippen molar-refractivity contribution in [2.45, 2.75) is 6.92 Å². The van der Waals surface area contributed by atoms with Gasteiger partial charge in [-0.25, -0.2) is 0 Å². The molecule has 0 aromatic carbocycles. The molecule has 0 bridgehead atoms. The maximum Gasteiger partial charge on any atom is 0.366 e. The second-order valence-corrected chi connectivity index (χ2v) is 2.48. The van der Waals surface area contributed by atoms with Crippen molar-refractivity contribution in [2.75, 3.05) is 5.32 Å². The van der Waals surface area contributed by atoms with Crippen LogP contribution in [-0.4, -0.2) is 20.9 Å². The Morgan fingerprint density at radius 2 is 2.29 bits per heavy atom. The van der Waals surface area contributed by atoms with E-state index < -0.39 is 16.6 Å². The third kappa shape index (κ3) is 2.16. The average molecular weight is 197 g/mol. The lowest BCUT2D eigenvalue weighted by atomic mass is 10.4. The van der Waals surface area contributed by atoms with E-state index in [1.807, 2.05) is 0 Å². The van der Waals surface area contributed by atoms with Gasteiger partial charge in [-0.1, -0.05) is 0 Å². The van der Waals surface area contributed by atoms with Gasteiger partial charge in [-0.15, -0.1) is 0 Å². The first kappa shape index (κ1) is 9.90. The van der Waals surface area contributed by atoms with Crippen molar-refractivity contribution >= 4 is 17.5 Å². The number of rotatable bonds is 2. The molecule has 0 aliphatic rings. The minimum atomic E-state index is -0.718. The molecule has 1 rings (SSSR count). The number of hydrogen-bond donors (Lipinski definition) is 2. The van der Waals surface area contributed by atoms with Gasteiger partial charge in [-0.05, 0) is 16.0 Å². The van der Waals surface area contributed by atoms with E-state index in [2.05, 4.69) is 10.3 Å². The van der Waals surface area contributed by atoms with E-state index >= 15 is 0 Å². The summed E-state index contributed by atoms with van der Waals surface area (Å²) in [4.78, 5) is 23.6. The number of amides is 1. The van der Waals surface area contributed by atoms with Crippen molar-refractivity contribution in [3.05, 3.63) is 22.2 Å². The number of carbonyl (C=O) groups excluding carboxylic acids is 1. The van der Waals surface area contributed by atoms with E-state index in [0.717, 1.165) is 12.1 Å². The first-order valence-corrected chi connectivity index (χ1v) is 3.62. The van der Waals surface area contributed by atoms with Crippen LogP contribution in [-0.2, 0) is 4.79 Å². The Labute approximate surface area is 78.5 Å². The highest BCUT2D eigenvalue weighted by Gasteiger charge is 2.15. The van der Waals surface area contributed by atoms with E-state index in [1.165, 1.54) is 6.92 Å². The SMILES string of the molecule is CC(=O)Nc1nc([N+](=O)[O-])ccc1O. The van der Waals surface area contributed by atoms with Gasteiger partial charge in [-0.3, -0.25) is 10.1 Å². The highest BCUT2D eigenvalue weighted by molar-refractivity contribution is 5.89. The van der Waals surface area contributed by atoms with E-state index in [9.17, 15) is 14.9 Å². The summed E-state index contributed by atoms with van der Waals surface area (Å²) in [5.41, 5.74) is 0. The van der Waals surface area contributed by atoms with Crippen LogP contribution in [0.25, 0.3) is 0 Å². The Hall–Kier alpha value is -2.18. The second kappa shape index (κ2) is 3.69. The number of nitrogens with one attached hydrogen (secondary N) is 1. The number of carbonyl (C=O) groups is 1. The molecule has 0 spiro atoms. The topological polar surface area (TPSA) is 105 Å². The lowest BCUT2D eigenvalue weighted by molar-refractivity contribution is -0.389. The molecule has 0 unspecified atom stereocenters. The van der Waals surface area contributed by atoms with Crippen molar-refractivity contribution in [1.82, 2.24) is 4.98 Å². The van der Waals surface area contributed by atoms with Crippen molar-refractivity contribution < 1.29 is 14.8 Å². The molecule has 1 amide bonds. The summed E-state index contributed by atoms with van der Waals surface area (Å²) < 4.78 is 0. The fourth-order valence-corrected chi connectivity index (χ4v) is 0.802. The molecule has 1 aromatic rings. The number of hydrogen-bond acceptors (Lipinski definition) is 5. The van der Waals surface area contributed by atoms with E-state index in [0.29, 0.717) is 0 Å². The highest BCUT2D eigenvalue weighted by atomic mass is 16.6. The summed E-state index contributed by atoms with van der Waals surface area (Å²) >= 11 is 0. The molecule has 7 heteroatoms. The Kier molecular flexibility index (Phi) is 2.61. The number of anilines is 1. The standard InChI is InChI=1S/C7H7N3O4/c1-4(11)8-7-5(12)2-3-6(9-7)10(13)14/h2-3,12H,1H3,(H,8,9,11). The zero-order valence-electron chi connectivity index (χ0n) is 7.22. The minimum absolute atomic E-state index is 0.216. The van der Waals surface area contributed by atoms with E-state index in [-0.39, 0.29) is 11.6 Å². The van der Waals surface area contributed by atoms with Gasteiger partial charge in [0.05, 0.1) is 0 Å². The summed E-state index contributed by atoms with van der Waals surface area (Å²) in [5, 5.41) is 21.6. The molecule has 1 aromatic heterocycles. The molecule has 0 saturated carbocycles. The van der Waals surface area contributed by atoms with Crippen molar-refractivity contribution in [2.24, 2.45) is 0 Å². The molecule has 0 aliphatic carbocycles. The summed E-state index contributed by atoms with van der Waals surface area (Å²) in [5.74, 6) is -1.43. The van der Waals surface area contributed by atoms with Crippen LogP contribution >= 0.6 is 0 Å². The van der Waals surface area contributed by atoms with Crippen LogP contribution in [0.2, 0.25) is 0 Å². The van der Waals surface area contributed by atoms with Crippen LogP contribution in [0.15, 0.2) is 12.1 Å². The monoisotopic (exact) mass is 197 g/mol. The highest BCUT2D eigenvalue weighted by Crippen LogP contribution is 2.23. The second-order valence-electron chi connectivity index (χ2n) is 2.48. The Morgan fingerprint density at radius 1 is 1.64 bits per heavy atom. The Bertz CT molecular complexity index is 391. The molecule has 0 fully saturated rings. The first-order valence-electron chi connectivity index (χ1n) is 3.62. The van der Waals surface area contributed by atoms with Crippen molar-refractivity contribution in [3.63, 3.8) is 0 Å². The lowest BCUT2D eigenvalue weighted by Gasteiger charge is -1.99. The summed E-state index contributed by atoms with van der Waals surface area (Å²) in [6.45, 7) is 1.21. The van der Waals surface area contributed by atoms with E-state index in [4.69, 9.17) is 5.11 Å². The largest absolute Gasteiger partial charge is 0.503 e. The number of aromatic hydroxyl groups is 1. The van der Waals surface area contributed by atoms with Crippen LogP contribution in [0.3, 0.4) is 0 Å². The van der Waals surface area contributed by atoms with Gasteiger partial charge in [0.15, 0.2) is 5.75 Å². The van der Waals surface area contributed by atoms with Crippen molar-refractivity contribution in [1.29, 1.82) is 0 Å². The normalized spacial score (nSPS) is 9.50. The van der Waals surface area contributed by atoms with Crippen LogP contribution in [0.1, 0.15) is 6.92 Å².